The molecule has 2 aliphatic rings. The Kier molecular flexibility index (Phi) is 8.49. The molecule has 3 rings (SSSR count). The standard InChI is InChI=1S/C25H35BO9S/c1-13-7-8-14(9-18(13)26-34-24(2,3)25(4,5)35-26)22-16(11-20(29)30)15(10-19(27)28)17(12-21(31)32)23(33-22)36-6/h7-9,15-17,22-23H,10-12H2,1-6H3,(H,27,28)(H,29,30)(H,31,32)/t15-,16+,17+,22-,23-/m1/s1. The molecule has 2 fully saturated rings. The van der Waals surface area contributed by atoms with Gasteiger partial charge in [-0.25, -0.2) is 0 Å². The number of benzene rings is 1. The highest BCUT2D eigenvalue weighted by Gasteiger charge is 2.53. The smallest absolute Gasteiger partial charge is 0.481 e. The minimum atomic E-state index is -1.10. The Morgan fingerprint density at radius 1 is 0.889 bits per heavy atom. The number of rotatable bonds is 9. The van der Waals surface area contributed by atoms with Gasteiger partial charge in [-0.05, 0) is 57.8 Å². The highest BCUT2D eigenvalue weighted by atomic mass is 32.2. The van der Waals surface area contributed by atoms with Crippen LogP contribution in [0.3, 0.4) is 0 Å². The molecule has 0 spiro atoms. The number of carboxylic acid groups (broad SMARTS) is 3. The van der Waals surface area contributed by atoms with Crippen LogP contribution >= 0.6 is 11.8 Å². The van der Waals surface area contributed by atoms with Crippen molar-refractivity contribution in [1.82, 2.24) is 0 Å². The van der Waals surface area contributed by atoms with Crippen LogP contribution in [-0.4, -0.2) is 63.2 Å². The summed E-state index contributed by atoms with van der Waals surface area (Å²) in [6.07, 6.45) is 0.0353. The third kappa shape index (κ3) is 5.90. The zero-order valence-corrected chi connectivity index (χ0v) is 22.3. The topological polar surface area (TPSA) is 140 Å². The molecule has 9 nitrogen and oxygen atoms in total. The number of carboxylic acids is 3. The summed E-state index contributed by atoms with van der Waals surface area (Å²) in [5.41, 5.74) is 0.686. The summed E-state index contributed by atoms with van der Waals surface area (Å²) in [4.78, 5) is 35.3. The second kappa shape index (κ2) is 10.7. The van der Waals surface area contributed by atoms with Crippen molar-refractivity contribution in [2.75, 3.05) is 6.26 Å². The van der Waals surface area contributed by atoms with Crippen LogP contribution in [0.15, 0.2) is 18.2 Å². The van der Waals surface area contributed by atoms with E-state index in [0.717, 1.165) is 11.0 Å². The first kappa shape index (κ1) is 28.5. The van der Waals surface area contributed by atoms with Gasteiger partial charge in [0.1, 0.15) is 5.44 Å². The highest BCUT2D eigenvalue weighted by molar-refractivity contribution is 7.99. The Hall–Kier alpha value is -2.08. The Morgan fingerprint density at radius 3 is 1.89 bits per heavy atom. The first-order chi connectivity index (χ1) is 16.7. The molecule has 0 radical (unpaired) electrons. The summed E-state index contributed by atoms with van der Waals surface area (Å²) >= 11 is 1.30. The normalized spacial score (nSPS) is 29.2. The van der Waals surface area contributed by atoms with Gasteiger partial charge in [-0.2, -0.15) is 0 Å². The Labute approximate surface area is 216 Å². The van der Waals surface area contributed by atoms with Crippen molar-refractivity contribution in [3.63, 3.8) is 0 Å². The summed E-state index contributed by atoms with van der Waals surface area (Å²) in [5.74, 6) is -5.37. The number of carbonyl (C=O) groups is 3. The zero-order chi connectivity index (χ0) is 27.0. The fourth-order valence-corrected chi connectivity index (χ4v) is 6.00. The molecule has 0 unspecified atom stereocenters. The molecule has 3 N–H and O–H groups in total. The molecule has 11 heteroatoms. The van der Waals surface area contributed by atoms with E-state index >= 15 is 0 Å². The van der Waals surface area contributed by atoms with Gasteiger partial charge in [0, 0.05) is 18.3 Å². The maximum absolute atomic E-state index is 11.9. The van der Waals surface area contributed by atoms with E-state index < -0.39 is 65.5 Å². The number of hydrogen-bond acceptors (Lipinski definition) is 7. The molecule has 198 valence electrons. The fraction of sp³-hybridized carbons (Fsp3) is 0.640. The van der Waals surface area contributed by atoms with E-state index in [1.807, 2.05) is 52.8 Å². The van der Waals surface area contributed by atoms with Gasteiger partial charge in [-0.15, -0.1) is 11.8 Å². The Bertz CT molecular complexity index is 995. The molecule has 0 aromatic heterocycles. The SMILES string of the molecule is CS[C@H]1O[C@H](c2ccc(C)c(B3OC(C)(C)C(C)(C)O3)c2)[C@@H](CC(=O)O)[C@@H](CC(=O)O)[C@@H]1CC(=O)O. The maximum Gasteiger partial charge on any atom is 0.495 e. The number of aryl methyl sites for hydroxylation is 1. The second-order valence-electron chi connectivity index (χ2n) is 10.7. The van der Waals surface area contributed by atoms with Gasteiger partial charge in [-0.1, -0.05) is 23.8 Å². The van der Waals surface area contributed by atoms with Crippen LogP contribution in [0, 0.1) is 24.7 Å². The minimum absolute atomic E-state index is 0.306. The van der Waals surface area contributed by atoms with Gasteiger partial charge in [0.15, 0.2) is 0 Å². The van der Waals surface area contributed by atoms with E-state index in [1.165, 1.54) is 11.8 Å². The summed E-state index contributed by atoms with van der Waals surface area (Å²) in [6, 6.07) is 5.61. The molecule has 0 saturated carbocycles. The average Bonchev–Trinajstić information content (AvgIpc) is 2.97. The summed E-state index contributed by atoms with van der Waals surface area (Å²) < 4.78 is 18.8. The quantitative estimate of drug-likeness (QED) is 0.414. The van der Waals surface area contributed by atoms with Crippen LogP contribution in [-0.2, 0) is 28.4 Å². The van der Waals surface area contributed by atoms with Crippen molar-refractivity contribution < 1.29 is 43.7 Å². The van der Waals surface area contributed by atoms with Gasteiger partial charge in [-0.3, -0.25) is 14.4 Å². The van der Waals surface area contributed by atoms with Gasteiger partial charge in [0.25, 0.3) is 0 Å². The molecule has 5 atom stereocenters. The molecular formula is C25H35BO9S. The molecule has 36 heavy (non-hydrogen) atoms. The molecule has 2 aliphatic heterocycles. The molecule has 0 amide bonds. The number of thioether (sulfide) groups is 1. The first-order valence-electron chi connectivity index (χ1n) is 12.0. The van der Waals surface area contributed by atoms with E-state index in [4.69, 9.17) is 14.0 Å². The van der Waals surface area contributed by atoms with Crippen LogP contribution in [0.1, 0.15) is 64.2 Å². The third-order valence-electron chi connectivity index (χ3n) is 7.72. The van der Waals surface area contributed by atoms with Crippen molar-refractivity contribution in [2.24, 2.45) is 17.8 Å². The van der Waals surface area contributed by atoms with E-state index in [2.05, 4.69) is 0 Å². The van der Waals surface area contributed by atoms with E-state index in [9.17, 15) is 29.7 Å². The van der Waals surface area contributed by atoms with Crippen molar-refractivity contribution in [1.29, 1.82) is 0 Å². The van der Waals surface area contributed by atoms with Crippen LogP contribution < -0.4 is 5.46 Å². The lowest BCUT2D eigenvalue weighted by molar-refractivity contribution is -0.161. The van der Waals surface area contributed by atoms with Crippen molar-refractivity contribution in [3.8, 4) is 0 Å². The number of aliphatic carboxylic acids is 3. The molecule has 1 aromatic rings. The maximum atomic E-state index is 11.9. The monoisotopic (exact) mass is 522 g/mol. The van der Waals surface area contributed by atoms with E-state index in [0.29, 0.717) is 5.56 Å². The van der Waals surface area contributed by atoms with Gasteiger partial charge >= 0.3 is 25.0 Å². The second-order valence-corrected chi connectivity index (χ2v) is 11.6. The molecule has 0 aliphatic carbocycles. The fourth-order valence-electron chi connectivity index (χ4n) is 5.12. The van der Waals surface area contributed by atoms with Gasteiger partial charge in [0.05, 0.1) is 30.1 Å². The summed E-state index contributed by atoms with van der Waals surface area (Å²) in [6.45, 7) is 9.77. The molecular weight excluding hydrogens is 487 g/mol. The average molecular weight is 522 g/mol. The lowest BCUT2D eigenvalue weighted by Crippen LogP contribution is -2.45. The molecule has 2 saturated heterocycles. The van der Waals surface area contributed by atoms with Crippen molar-refractivity contribution in [2.45, 2.75) is 76.6 Å². The first-order valence-corrected chi connectivity index (χ1v) is 13.3. The Balaban J connectivity index is 2.06. The van der Waals surface area contributed by atoms with Gasteiger partial charge < -0.3 is 29.4 Å². The number of ether oxygens (including phenoxy) is 1. The predicted molar refractivity (Wildman–Crippen MR) is 135 cm³/mol. The Morgan fingerprint density at radius 2 is 1.39 bits per heavy atom. The van der Waals surface area contributed by atoms with Crippen LogP contribution in [0.5, 0.6) is 0 Å². The van der Waals surface area contributed by atoms with Crippen LogP contribution in [0.2, 0.25) is 0 Å². The van der Waals surface area contributed by atoms with Crippen LogP contribution in [0.25, 0.3) is 0 Å². The summed E-state index contributed by atoms with van der Waals surface area (Å²) in [7, 11) is -0.637. The van der Waals surface area contributed by atoms with Gasteiger partial charge in [0.2, 0.25) is 0 Å². The van der Waals surface area contributed by atoms with Crippen molar-refractivity contribution in [3.05, 3.63) is 29.3 Å². The number of hydrogen-bond donors (Lipinski definition) is 3. The van der Waals surface area contributed by atoms with E-state index in [1.54, 1.807) is 6.26 Å². The molecule has 2 heterocycles. The third-order valence-corrected chi connectivity index (χ3v) is 8.65. The van der Waals surface area contributed by atoms with E-state index in [-0.39, 0.29) is 19.3 Å². The molecule has 1 aromatic carbocycles. The summed E-state index contributed by atoms with van der Waals surface area (Å²) in [5, 5.41) is 28.8. The minimum Gasteiger partial charge on any atom is -0.481 e. The van der Waals surface area contributed by atoms with Crippen LogP contribution in [0.4, 0.5) is 0 Å². The highest BCUT2D eigenvalue weighted by Crippen LogP contribution is 2.50. The lowest BCUT2D eigenvalue weighted by atomic mass is 9.69. The molecule has 0 bridgehead atoms. The zero-order valence-electron chi connectivity index (χ0n) is 21.5. The largest absolute Gasteiger partial charge is 0.495 e. The predicted octanol–water partition coefficient (Wildman–Crippen LogP) is 3.33. The lowest BCUT2D eigenvalue weighted by Gasteiger charge is -2.46. The van der Waals surface area contributed by atoms with Crippen molar-refractivity contribution >= 4 is 42.3 Å².